The first-order chi connectivity index (χ1) is 9.69. The van der Waals surface area contributed by atoms with E-state index in [0.717, 1.165) is 10.0 Å². The highest BCUT2D eigenvalue weighted by Gasteiger charge is 2.25. The molecule has 0 aliphatic heterocycles. The van der Waals surface area contributed by atoms with Gasteiger partial charge in [-0.3, -0.25) is 0 Å². The van der Waals surface area contributed by atoms with E-state index in [9.17, 15) is 8.42 Å². The van der Waals surface area contributed by atoms with Gasteiger partial charge in [0, 0.05) is 21.6 Å². The number of hydrogen-bond acceptors (Lipinski definition) is 3. The Bertz CT molecular complexity index is 588. The number of ether oxygens (including phenoxy) is 1. The molecule has 0 aromatic heterocycles. The number of halogens is 2. The summed E-state index contributed by atoms with van der Waals surface area (Å²) in [5, 5.41) is 0. The Morgan fingerprint density at radius 1 is 1.24 bits per heavy atom. The molecule has 1 atom stereocenters. The molecule has 120 valence electrons. The maximum atomic E-state index is 12.6. The highest BCUT2D eigenvalue weighted by molar-refractivity contribution is 9.11. The molecule has 4 nitrogen and oxygen atoms in total. The van der Waals surface area contributed by atoms with Gasteiger partial charge in [-0.1, -0.05) is 29.8 Å². The molecule has 1 unspecified atom stereocenters. The van der Waals surface area contributed by atoms with Crippen LogP contribution in [0.2, 0.25) is 0 Å². The summed E-state index contributed by atoms with van der Waals surface area (Å²) in [4.78, 5) is 0.224. The van der Waals surface area contributed by atoms with Crippen LogP contribution >= 0.6 is 31.9 Å². The largest absolute Gasteiger partial charge is 0.380 e. The molecule has 7 heteroatoms. The van der Waals surface area contributed by atoms with E-state index < -0.39 is 10.0 Å². The van der Waals surface area contributed by atoms with Gasteiger partial charge in [0.25, 0.3) is 0 Å². The van der Waals surface area contributed by atoms with Crippen molar-refractivity contribution < 1.29 is 13.2 Å². The molecule has 0 radical (unpaired) electrons. The van der Waals surface area contributed by atoms with E-state index in [1.807, 2.05) is 27.7 Å². The van der Waals surface area contributed by atoms with E-state index in [1.165, 1.54) is 0 Å². The monoisotopic (exact) mass is 441 g/mol. The predicted octanol–water partition coefficient (Wildman–Crippen LogP) is 3.86. The van der Waals surface area contributed by atoms with E-state index in [0.29, 0.717) is 17.7 Å². The van der Waals surface area contributed by atoms with Gasteiger partial charge in [-0.2, -0.15) is 0 Å². The zero-order valence-corrected chi connectivity index (χ0v) is 16.6. The van der Waals surface area contributed by atoms with Crippen LogP contribution in [0.3, 0.4) is 0 Å². The average molecular weight is 443 g/mol. The van der Waals surface area contributed by atoms with Crippen molar-refractivity contribution in [3.8, 4) is 0 Å². The van der Waals surface area contributed by atoms with Crippen LogP contribution in [0, 0.1) is 12.8 Å². The predicted molar refractivity (Wildman–Crippen MR) is 92.0 cm³/mol. The molecule has 0 heterocycles. The molecule has 21 heavy (non-hydrogen) atoms. The zero-order chi connectivity index (χ0) is 16.2. The van der Waals surface area contributed by atoms with E-state index in [2.05, 4.69) is 36.6 Å². The highest BCUT2D eigenvalue weighted by atomic mass is 79.9. The van der Waals surface area contributed by atoms with E-state index in [4.69, 9.17) is 4.74 Å². The van der Waals surface area contributed by atoms with E-state index in [-0.39, 0.29) is 16.9 Å². The number of sulfonamides is 1. The smallest absolute Gasteiger partial charge is 0.242 e. The van der Waals surface area contributed by atoms with Crippen molar-refractivity contribution in [2.45, 2.75) is 38.6 Å². The molecule has 0 saturated heterocycles. The first-order valence-electron chi connectivity index (χ1n) is 6.74. The van der Waals surface area contributed by atoms with Gasteiger partial charge >= 0.3 is 0 Å². The molecule has 0 amide bonds. The first kappa shape index (κ1) is 19.1. The summed E-state index contributed by atoms with van der Waals surface area (Å²) < 4.78 is 34.6. The summed E-state index contributed by atoms with van der Waals surface area (Å²) in [6.45, 7) is 8.64. The maximum absolute atomic E-state index is 12.6. The minimum atomic E-state index is -3.61. The lowest BCUT2D eigenvalue weighted by Crippen LogP contribution is -2.41. The fourth-order valence-electron chi connectivity index (χ4n) is 1.70. The normalized spacial score (nSPS) is 13.7. The van der Waals surface area contributed by atoms with Crippen LogP contribution in [-0.4, -0.2) is 27.7 Å². The Hall–Kier alpha value is 0.0500. The summed E-state index contributed by atoms with van der Waals surface area (Å²) in [5.41, 5.74) is 0.968. The Balaban J connectivity index is 3.07. The maximum Gasteiger partial charge on any atom is 0.242 e. The SMILES string of the molecule is CCOCC(NS(=O)(=O)c1cc(Br)c(C)cc1Br)C(C)C. The van der Waals surface area contributed by atoms with Crippen molar-refractivity contribution in [2.75, 3.05) is 13.2 Å². The second-order valence-electron chi connectivity index (χ2n) is 5.16. The van der Waals surface area contributed by atoms with Crippen LogP contribution in [0.15, 0.2) is 26.0 Å². The van der Waals surface area contributed by atoms with Crippen LogP contribution in [0.25, 0.3) is 0 Å². The highest BCUT2D eigenvalue weighted by Crippen LogP contribution is 2.29. The van der Waals surface area contributed by atoms with Crippen molar-refractivity contribution in [3.05, 3.63) is 26.6 Å². The quantitative estimate of drug-likeness (QED) is 0.697. The number of hydrogen-bond donors (Lipinski definition) is 1. The molecule has 0 spiro atoms. The molecular weight excluding hydrogens is 422 g/mol. The molecule has 1 aromatic rings. The zero-order valence-electron chi connectivity index (χ0n) is 12.6. The Kier molecular flexibility index (Phi) is 7.33. The summed E-state index contributed by atoms with van der Waals surface area (Å²) in [6, 6.07) is 3.13. The van der Waals surface area contributed by atoms with Crippen molar-refractivity contribution in [1.82, 2.24) is 4.72 Å². The van der Waals surface area contributed by atoms with E-state index in [1.54, 1.807) is 12.1 Å². The van der Waals surface area contributed by atoms with Gasteiger partial charge in [0.1, 0.15) is 0 Å². The standard InChI is InChI=1S/C14H21Br2NO3S/c1-5-20-8-13(9(2)3)17-21(18,19)14-7-11(15)10(4)6-12(14)16/h6-7,9,13,17H,5,8H2,1-4H3. The molecule has 0 bridgehead atoms. The second-order valence-corrected chi connectivity index (χ2v) is 8.55. The van der Waals surface area contributed by atoms with Crippen LogP contribution in [0.4, 0.5) is 0 Å². The summed E-state index contributed by atoms with van der Waals surface area (Å²) in [6.07, 6.45) is 0. The summed E-state index contributed by atoms with van der Waals surface area (Å²) >= 11 is 6.70. The Morgan fingerprint density at radius 3 is 2.38 bits per heavy atom. The molecular formula is C14H21Br2NO3S. The van der Waals surface area contributed by atoms with Crippen molar-refractivity contribution >= 4 is 41.9 Å². The average Bonchev–Trinajstić information content (AvgIpc) is 2.38. The topological polar surface area (TPSA) is 55.4 Å². The first-order valence-corrected chi connectivity index (χ1v) is 9.81. The Labute approximate surface area is 144 Å². The Morgan fingerprint density at radius 2 is 1.86 bits per heavy atom. The van der Waals surface area contributed by atoms with Gasteiger partial charge < -0.3 is 4.74 Å². The number of aryl methyl sites for hydroxylation is 1. The fraction of sp³-hybridized carbons (Fsp3) is 0.571. The van der Waals surface area contributed by atoms with Gasteiger partial charge in [0.05, 0.1) is 11.5 Å². The molecule has 0 aliphatic carbocycles. The molecule has 0 aliphatic rings. The minimum Gasteiger partial charge on any atom is -0.380 e. The molecule has 0 saturated carbocycles. The second kappa shape index (κ2) is 8.06. The summed E-state index contributed by atoms with van der Waals surface area (Å²) in [5.74, 6) is 0.138. The van der Waals surface area contributed by atoms with E-state index >= 15 is 0 Å². The molecule has 1 aromatic carbocycles. The summed E-state index contributed by atoms with van der Waals surface area (Å²) in [7, 11) is -3.61. The van der Waals surface area contributed by atoms with Gasteiger partial charge in [0.15, 0.2) is 0 Å². The number of nitrogens with one attached hydrogen (secondary N) is 1. The van der Waals surface area contributed by atoms with Gasteiger partial charge in [-0.05, 0) is 53.4 Å². The van der Waals surface area contributed by atoms with Crippen LogP contribution in [-0.2, 0) is 14.8 Å². The third-order valence-corrected chi connectivity index (χ3v) is 6.42. The van der Waals surface area contributed by atoms with Crippen molar-refractivity contribution in [1.29, 1.82) is 0 Å². The molecule has 0 fully saturated rings. The number of rotatable bonds is 7. The van der Waals surface area contributed by atoms with Crippen LogP contribution in [0.1, 0.15) is 26.3 Å². The van der Waals surface area contributed by atoms with Gasteiger partial charge in [0.2, 0.25) is 10.0 Å². The van der Waals surface area contributed by atoms with Crippen LogP contribution in [0.5, 0.6) is 0 Å². The van der Waals surface area contributed by atoms with Crippen molar-refractivity contribution in [2.24, 2.45) is 5.92 Å². The minimum absolute atomic E-state index is 0.138. The van der Waals surface area contributed by atoms with Crippen molar-refractivity contribution in [3.63, 3.8) is 0 Å². The van der Waals surface area contributed by atoms with Gasteiger partial charge in [-0.15, -0.1) is 0 Å². The molecule has 1 N–H and O–H groups in total. The lowest BCUT2D eigenvalue weighted by molar-refractivity contribution is 0.116. The third kappa shape index (κ3) is 5.32. The lowest BCUT2D eigenvalue weighted by Gasteiger charge is -2.22. The molecule has 1 rings (SSSR count). The van der Waals surface area contributed by atoms with Gasteiger partial charge in [-0.25, -0.2) is 13.1 Å². The number of benzene rings is 1. The lowest BCUT2D eigenvalue weighted by atomic mass is 10.1. The fourth-order valence-corrected chi connectivity index (χ4v) is 4.75. The third-order valence-electron chi connectivity index (χ3n) is 3.12. The van der Waals surface area contributed by atoms with Crippen LogP contribution < -0.4 is 4.72 Å².